The van der Waals surface area contributed by atoms with Gasteiger partial charge in [0.15, 0.2) is 0 Å². The Balaban J connectivity index is 1.41. The lowest BCUT2D eigenvalue weighted by molar-refractivity contribution is -0.138. The molecule has 1 atom stereocenters. The van der Waals surface area contributed by atoms with Gasteiger partial charge in [-0.2, -0.15) is 13.2 Å². The number of anilines is 1. The minimum atomic E-state index is -4.55. The second-order valence-electron chi connectivity index (χ2n) is 9.20. The second-order valence-corrected chi connectivity index (χ2v) is 9.20. The molecule has 0 aromatic heterocycles. The molecule has 1 unspecified atom stereocenters. The van der Waals surface area contributed by atoms with Crippen molar-refractivity contribution in [3.63, 3.8) is 0 Å². The molecule has 1 fully saturated rings. The molecule has 8 nitrogen and oxygen atoms in total. The molecule has 1 saturated heterocycles. The Morgan fingerprint density at radius 3 is 2.56 bits per heavy atom. The van der Waals surface area contributed by atoms with Crippen molar-refractivity contribution in [2.24, 2.45) is 0 Å². The lowest BCUT2D eigenvalue weighted by atomic mass is 9.99. The molecule has 0 spiro atoms. The smallest absolute Gasteiger partial charge is 0.334 e. The first-order chi connectivity index (χ1) is 16.9. The third-order valence-electron chi connectivity index (χ3n) is 6.25. The lowest BCUT2D eigenvalue weighted by Gasteiger charge is -2.29. The number of nitrogens with zero attached hydrogens (tertiary/aromatic N) is 1. The Kier molecular flexibility index (Phi) is 6.75. The first-order valence-electron chi connectivity index (χ1n) is 11.5. The summed E-state index contributed by atoms with van der Waals surface area (Å²) in [6.07, 6.45) is -4.13. The monoisotopic (exact) mass is 502 g/mol. The van der Waals surface area contributed by atoms with E-state index < -0.39 is 29.7 Å². The van der Waals surface area contributed by atoms with Crippen molar-refractivity contribution in [2.75, 3.05) is 5.32 Å². The molecule has 0 bridgehead atoms. The van der Waals surface area contributed by atoms with Gasteiger partial charge in [0, 0.05) is 30.8 Å². The molecule has 5 amide bonds. The Morgan fingerprint density at radius 2 is 1.89 bits per heavy atom. The summed E-state index contributed by atoms with van der Waals surface area (Å²) in [4.78, 5) is 50.3. The van der Waals surface area contributed by atoms with E-state index in [9.17, 15) is 32.3 Å². The zero-order chi connectivity index (χ0) is 26.2. The van der Waals surface area contributed by atoms with Crippen LogP contribution in [0.25, 0.3) is 0 Å². The highest BCUT2D eigenvalue weighted by molar-refractivity contribution is 6.05. The van der Waals surface area contributed by atoms with Gasteiger partial charge < -0.3 is 15.5 Å². The molecule has 0 saturated carbocycles. The number of urea groups is 1. The van der Waals surface area contributed by atoms with E-state index in [0.29, 0.717) is 16.7 Å². The highest BCUT2D eigenvalue weighted by Crippen LogP contribution is 2.34. The molecular weight excluding hydrogens is 477 g/mol. The molecule has 190 valence electrons. The summed E-state index contributed by atoms with van der Waals surface area (Å²) in [5.41, 5.74) is 1.35. The predicted octanol–water partition coefficient (Wildman–Crippen LogP) is 3.91. The SMILES string of the molecule is CC(C)c1cc(NC(=O)NCc2ccc3c(c2)C(=O)N(C2CCC(=O)NC2=O)C3)cc(C(F)(F)F)c1. The number of fused-ring (bicyclic) bond motifs is 1. The minimum absolute atomic E-state index is 0.0232. The molecule has 2 aliphatic heterocycles. The van der Waals surface area contributed by atoms with E-state index in [-0.39, 0.29) is 49.4 Å². The molecule has 3 N–H and O–H groups in total. The van der Waals surface area contributed by atoms with E-state index in [1.54, 1.807) is 32.0 Å². The number of imide groups is 1. The van der Waals surface area contributed by atoms with Crippen molar-refractivity contribution in [1.82, 2.24) is 15.5 Å². The number of rotatable bonds is 5. The lowest BCUT2D eigenvalue weighted by Crippen LogP contribution is -2.52. The summed E-state index contributed by atoms with van der Waals surface area (Å²) in [6, 6.07) is 7.09. The molecule has 2 aromatic carbocycles. The zero-order valence-corrected chi connectivity index (χ0v) is 19.7. The Morgan fingerprint density at radius 1 is 1.14 bits per heavy atom. The number of piperidine rings is 1. The van der Waals surface area contributed by atoms with Crippen molar-refractivity contribution >= 4 is 29.4 Å². The number of amides is 5. The minimum Gasteiger partial charge on any atom is -0.334 e. The maximum Gasteiger partial charge on any atom is 0.416 e. The van der Waals surface area contributed by atoms with Crippen molar-refractivity contribution in [2.45, 2.75) is 57.9 Å². The summed E-state index contributed by atoms with van der Waals surface area (Å²) in [5.74, 6) is -1.37. The molecule has 2 aliphatic rings. The number of carbonyl (C=O) groups excluding carboxylic acids is 4. The summed E-state index contributed by atoms with van der Waals surface area (Å²) < 4.78 is 39.7. The van der Waals surface area contributed by atoms with Gasteiger partial charge in [-0.25, -0.2) is 4.79 Å². The van der Waals surface area contributed by atoms with Gasteiger partial charge in [0.1, 0.15) is 6.04 Å². The third kappa shape index (κ3) is 5.34. The molecule has 2 aromatic rings. The molecule has 0 aliphatic carbocycles. The number of benzene rings is 2. The number of halogens is 3. The van der Waals surface area contributed by atoms with E-state index in [1.165, 1.54) is 11.0 Å². The van der Waals surface area contributed by atoms with E-state index in [0.717, 1.165) is 17.7 Å². The van der Waals surface area contributed by atoms with Crippen LogP contribution < -0.4 is 16.0 Å². The third-order valence-corrected chi connectivity index (χ3v) is 6.25. The van der Waals surface area contributed by atoms with Crippen molar-refractivity contribution in [3.05, 3.63) is 64.2 Å². The van der Waals surface area contributed by atoms with E-state index in [1.807, 2.05) is 0 Å². The van der Waals surface area contributed by atoms with Gasteiger partial charge in [0.25, 0.3) is 5.91 Å². The summed E-state index contributed by atoms with van der Waals surface area (Å²) >= 11 is 0. The van der Waals surface area contributed by atoms with E-state index in [2.05, 4.69) is 16.0 Å². The second kappa shape index (κ2) is 9.63. The van der Waals surface area contributed by atoms with Crippen molar-refractivity contribution < 1.29 is 32.3 Å². The van der Waals surface area contributed by atoms with Crippen LogP contribution in [0.15, 0.2) is 36.4 Å². The Bertz CT molecular complexity index is 1240. The average molecular weight is 502 g/mol. The zero-order valence-electron chi connectivity index (χ0n) is 19.7. The maximum absolute atomic E-state index is 13.2. The van der Waals surface area contributed by atoms with Gasteiger partial charge >= 0.3 is 12.2 Å². The van der Waals surface area contributed by atoms with E-state index in [4.69, 9.17) is 0 Å². The fraction of sp³-hybridized carbons (Fsp3) is 0.360. The highest BCUT2D eigenvalue weighted by atomic mass is 19.4. The molecule has 11 heteroatoms. The molecular formula is C25H25F3N4O4. The van der Waals surface area contributed by atoms with Gasteiger partial charge in [-0.1, -0.05) is 26.0 Å². The van der Waals surface area contributed by atoms with Crippen LogP contribution in [0.4, 0.5) is 23.7 Å². The van der Waals surface area contributed by atoms with Crippen LogP contribution in [-0.4, -0.2) is 34.7 Å². The summed E-state index contributed by atoms with van der Waals surface area (Å²) in [5, 5.41) is 7.28. The molecule has 2 heterocycles. The van der Waals surface area contributed by atoms with Crippen LogP contribution in [-0.2, 0) is 28.9 Å². The largest absolute Gasteiger partial charge is 0.416 e. The summed E-state index contributed by atoms with van der Waals surface area (Å²) in [6.45, 7) is 3.79. The van der Waals surface area contributed by atoms with Gasteiger partial charge in [0.05, 0.1) is 5.56 Å². The number of carbonyl (C=O) groups is 4. The van der Waals surface area contributed by atoms with Crippen LogP contribution in [0.5, 0.6) is 0 Å². The fourth-order valence-electron chi connectivity index (χ4n) is 4.29. The Hall–Kier alpha value is -3.89. The van der Waals surface area contributed by atoms with Crippen LogP contribution in [0, 0.1) is 0 Å². The number of hydrogen-bond donors (Lipinski definition) is 3. The van der Waals surface area contributed by atoms with Crippen LogP contribution in [0.2, 0.25) is 0 Å². The topological polar surface area (TPSA) is 108 Å². The maximum atomic E-state index is 13.2. The van der Waals surface area contributed by atoms with Gasteiger partial charge in [-0.05, 0) is 53.3 Å². The van der Waals surface area contributed by atoms with Crippen molar-refractivity contribution in [1.29, 1.82) is 0 Å². The molecule has 4 rings (SSSR count). The standard InChI is InChI=1S/C25H25F3N4O4/c1-13(2)16-8-17(25(26,27)28)10-18(9-16)30-24(36)29-11-14-3-4-15-12-32(23(35)19(15)7-14)20-5-6-21(33)31-22(20)34/h3-4,7-10,13,20H,5-6,11-12H2,1-2H3,(H2,29,30,36)(H,31,33,34). The van der Waals surface area contributed by atoms with Crippen LogP contribution in [0.1, 0.15) is 65.2 Å². The van der Waals surface area contributed by atoms with Crippen LogP contribution in [0.3, 0.4) is 0 Å². The highest BCUT2D eigenvalue weighted by Gasteiger charge is 2.39. The molecule has 36 heavy (non-hydrogen) atoms. The molecule has 0 radical (unpaired) electrons. The quantitative estimate of drug-likeness (QED) is 0.539. The Labute approximate surface area is 205 Å². The van der Waals surface area contributed by atoms with Gasteiger partial charge in [-0.15, -0.1) is 0 Å². The first-order valence-corrected chi connectivity index (χ1v) is 11.5. The summed E-state index contributed by atoms with van der Waals surface area (Å²) in [7, 11) is 0. The number of nitrogens with one attached hydrogen (secondary N) is 3. The van der Waals surface area contributed by atoms with Crippen LogP contribution >= 0.6 is 0 Å². The van der Waals surface area contributed by atoms with Crippen molar-refractivity contribution in [3.8, 4) is 0 Å². The average Bonchev–Trinajstić information content (AvgIpc) is 3.12. The first kappa shape index (κ1) is 25.2. The normalized spacial score (nSPS) is 17.8. The fourth-order valence-corrected chi connectivity index (χ4v) is 4.29. The van der Waals surface area contributed by atoms with Gasteiger partial charge in [0.2, 0.25) is 11.8 Å². The predicted molar refractivity (Wildman–Crippen MR) is 124 cm³/mol. The number of alkyl halides is 3. The number of hydrogen-bond acceptors (Lipinski definition) is 4. The van der Waals surface area contributed by atoms with E-state index >= 15 is 0 Å². The van der Waals surface area contributed by atoms with Gasteiger partial charge in [-0.3, -0.25) is 19.7 Å².